The Kier molecular flexibility index (Phi) is 4.14. The topological polar surface area (TPSA) is 66.6 Å². The van der Waals surface area contributed by atoms with Gasteiger partial charge < -0.3 is 9.63 Å². The lowest BCUT2D eigenvalue weighted by Crippen LogP contribution is -2.31. The molecule has 0 saturated heterocycles. The number of halogens is 1. The van der Waals surface area contributed by atoms with Gasteiger partial charge in [-0.25, -0.2) is 4.39 Å². The first-order chi connectivity index (χ1) is 9.49. The zero-order chi connectivity index (χ0) is 14.7. The summed E-state index contributed by atoms with van der Waals surface area (Å²) in [6.07, 6.45) is 0. The molecular formula is C14H15FN2O3. The minimum absolute atomic E-state index is 0.128. The van der Waals surface area contributed by atoms with Crippen LogP contribution >= 0.6 is 0 Å². The fourth-order valence-corrected chi connectivity index (χ4v) is 2.10. The molecule has 1 aromatic heterocycles. The SMILES string of the molecule is Cc1cc(CN(C)C(C(=O)O)c2ccccc2F)no1. The fraction of sp³-hybridized carbons (Fsp3) is 0.286. The van der Waals surface area contributed by atoms with E-state index in [2.05, 4.69) is 5.16 Å². The van der Waals surface area contributed by atoms with Crippen LogP contribution in [-0.4, -0.2) is 28.2 Å². The summed E-state index contributed by atoms with van der Waals surface area (Å²) in [7, 11) is 1.61. The fourth-order valence-electron chi connectivity index (χ4n) is 2.10. The van der Waals surface area contributed by atoms with Gasteiger partial charge in [-0.15, -0.1) is 0 Å². The number of carboxylic acids is 1. The molecule has 1 N–H and O–H groups in total. The van der Waals surface area contributed by atoms with E-state index in [0.29, 0.717) is 11.5 Å². The van der Waals surface area contributed by atoms with E-state index in [4.69, 9.17) is 4.52 Å². The summed E-state index contributed by atoms with van der Waals surface area (Å²) in [4.78, 5) is 12.9. The van der Waals surface area contributed by atoms with Crippen molar-refractivity contribution in [3.8, 4) is 0 Å². The third kappa shape index (κ3) is 3.03. The second-order valence-electron chi connectivity index (χ2n) is 4.61. The summed E-state index contributed by atoms with van der Waals surface area (Å²) in [5.41, 5.74) is 0.732. The molecule has 0 amide bonds. The molecule has 106 valence electrons. The van der Waals surface area contributed by atoms with Gasteiger partial charge in [-0.2, -0.15) is 0 Å². The third-order valence-corrected chi connectivity index (χ3v) is 2.96. The molecule has 0 aliphatic carbocycles. The highest BCUT2D eigenvalue weighted by molar-refractivity contribution is 5.75. The lowest BCUT2D eigenvalue weighted by Gasteiger charge is -2.24. The number of aliphatic carboxylic acids is 1. The summed E-state index contributed by atoms with van der Waals surface area (Å²) in [5.74, 6) is -1.01. The highest BCUT2D eigenvalue weighted by Crippen LogP contribution is 2.24. The van der Waals surface area contributed by atoms with Crippen LogP contribution in [0.1, 0.15) is 23.1 Å². The van der Waals surface area contributed by atoms with Gasteiger partial charge in [0.25, 0.3) is 0 Å². The van der Waals surface area contributed by atoms with E-state index in [0.717, 1.165) is 0 Å². The van der Waals surface area contributed by atoms with Gasteiger partial charge in [0, 0.05) is 18.2 Å². The minimum atomic E-state index is -1.11. The third-order valence-electron chi connectivity index (χ3n) is 2.96. The second kappa shape index (κ2) is 5.83. The first-order valence-corrected chi connectivity index (χ1v) is 6.08. The van der Waals surface area contributed by atoms with Crippen LogP contribution < -0.4 is 0 Å². The number of benzene rings is 1. The van der Waals surface area contributed by atoms with Crippen molar-refractivity contribution in [2.24, 2.45) is 0 Å². The molecular weight excluding hydrogens is 263 g/mol. The van der Waals surface area contributed by atoms with Gasteiger partial charge in [-0.1, -0.05) is 23.4 Å². The van der Waals surface area contributed by atoms with Crippen LogP contribution in [0.2, 0.25) is 0 Å². The molecule has 0 saturated carbocycles. The predicted molar refractivity (Wildman–Crippen MR) is 69.5 cm³/mol. The van der Waals surface area contributed by atoms with Crippen molar-refractivity contribution in [2.45, 2.75) is 19.5 Å². The molecule has 0 aliphatic rings. The average molecular weight is 278 g/mol. The van der Waals surface area contributed by atoms with Crippen LogP contribution in [0.4, 0.5) is 4.39 Å². The van der Waals surface area contributed by atoms with E-state index >= 15 is 0 Å². The Morgan fingerprint density at radius 3 is 2.75 bits per heavy atom. The molecule has 0 radical (unpaired) electrons. The molecule has 0 bridgehead atoms. The maximum atomic E-state index is 13.8. The van der Waals surface area contributed by atoms with Gasteiger partial charge in [-0.05, 0) is 20.0 Å². The Morgan fingerprint density at radius 2 is 2.20 bits per heavy atom. The quantitative estimate of drug-likeness (QED) is 0.909. The molecule has 20 heavy (non-hydrogen) atoms. The second-order valence-corrected chi connectivity index (χ2v) is 4.61. The Morgan fingerprint density at radius 1 is 1.50 bits per heavy atom. The number of carboxylic acid groups (broad SMARTS) is 1. The van der Waals surface area contributed by atoms with Crippen LogP contribution in [0, 0.1) is 12.7 Å². The monoisotopic (exact) mass is 278 g/mol. The van der Waals surface area contributed by atoms with E-state index in [-0.39, 0.29) is 12.1 Å². The van der Waals surface area contributed by atoms with Crippen molar-refractivity contribution in [1.82, 2.24) is 10.1 Å². The number of aromatic nitrogens is 1. The van der Waals surface area contributed by atoms with E-state index < -0.39 is 17.8 Å². The van der Waals surface area contributed by atoms with Gasteiger partial charge in [0.1, 0.15) is 17.6 Å². The highest BCUT2D eigenvalue weighted by Gasteiger charge is 2.27. The number of nitrogens with zero attached hydrogens (tertiary/aromatic N) is 2. The number of rotatable bonds is 5. The molecule has 1 aromatic carbocycles. The Labute approximate surface area is 115 Å². The molecule has 2 aromatic rings. The molecule has 0 aliphatic heterocycles. The molecule has 1 atom stereocenters. The summed E-state index contributed by atoms with van der Waals surface area (Å²) in [5, 5.41) is 13.2. The van der Waals surface area contributed by atoms with Gasteiger partial charge in [0.2, 0.25) is 0 Å². The lowest BCUT2D eigenvalue weighted by atomic mass is 10.0. The molecule has 0 fully saturated rings. The van der Waals surface area contributed by atoms with Gasteiger partial charge in [-0.3, -0.25) is 9.69 Å². The van der Waals surface area contributed by atoms with E-state index in [1.165, 1.54) is 23.1 Å². The summed E-state index contributed by atoms with van der Waals surface area (Å²) < 4.78 is 18.7. The predicted octanol–water partition coefficient (Wildman–Crippen LogP) is 2.38. The molecule has 1 heterocycles. The number of carbonyl (C=O) groups is 1. The number of aryl methyl sites for hydroxylation is 1. The van der Waals surface area contributed by atoms with Gasteiger partial charge >= 0.3 is 5.97 Å². The van der Waals surface area contributed by atoms with Gasteiger partial charge in [0.15, 0.2) is 0 Å². The van der Waals surface area contributed by atoms with Crippen molar-refractivity contribution < 1.29 is 18.8 Å². The molecule has 1 unspecified atom stereocenters. The smallest absolute Gasteiger partial charge is 0.325 e. The van der Waals surface area contributed by atoms with Crippen LogP contribution in [0.5, 0.6) is 0 Å². The average Bonchev–Trinajstić information content (AvgIpc) is 2.77. The Hall–Kier alpha value is -2.21. The normalized spacial score (nSPS) is 12.6. The van der Waals surface area contributed by atoms with Crippen molar-refractivity contribution in [3.63, 3.8) is 0 Å². The van der Waals surface area contributed by atoms with E-state index in [9.17, 15) is 14.3 Å². The minimum Gasteiger partial charge on any atom is -0.480 e. The van der Waals surface area contributed by atoms with Crippen LogP contribution in [-0.2, 0) is 11.3 Å². The van der Waals surface area contributed by atoms with Crippen LogP contribution in [0.25, 0.3) is 0 Å². The molecule has 5 nitrogen and oxygen atoms in total. The van der Waals surface area contributed by atoms with Crippen molar-refractivity contribution in [2.75, 3.05) is 7.05 Å². The first-order valence-electron chi connectivity index (χ1n) is 6.08. The maximum Gasteiger partial charge on any atom is 0.325 e. The zero-order valence-corrected chi connectivity index (χ0v) is 11.2. The number of likely N-dealkylation sites (N-methyl/N-ethyl adjacent to an activating group) is 1. The number of hydrogen-bond acceptors (Lipinski definition) is 4. The van der Waals surface area contributed by atoms with E-state index in [1.54, 1.807) is 26.1 Å². The van der Waals surface area contributed by atoms with Crippen molar-refractivity contribution in [1.29, 1.82) is 0 Å². The molecule has 6 heteroatoms. The Balaban J connectivity index is 2.25. The number of hydrogen-bond donors (Lipinski definition) is 1. The van der Waals surface area contributed by atoms with Crippen LogP contribution in [0.3, 0.4) is 0 Å². The maximum absolute atomic E-state index is 13.8. The molecule has 2 rings (SSSR count). The van der Waals surface area contributed by atoms with E-state index in [1.807, 2.05) is 0 Å². The highest BCUT2D eigenvalue weighted by atomic mass is 19.1. The summed E-state index contributed by atoms with van der Waals surface area (Å²) >= 11 is 0. The largest absolute Gasteiger partial charge is 0.480 e. The zero-order valence-electron chi connectivity index (χ0n) is 11.2. The summed E-state index contributed by atoms with van der Waals surface area (Å²) in [6.45, 7) is 2.00. The summed E-state index contributed by atoms with van der Waals surface area (Å²) in [6, 6.07) is 6.50. The standard InChI is InChI=1S/C14H15FN2O3/c1-9-7-10(16-20-9)8-17(2)13(14(18)19)11-5-3-4-6-12(11)15/h3-7,13H,8H2,1-2H3,(H,18,19). The first kappa shape index (κ1) is 14.2. The van der Waals surface area contributed by atoms with Crippen LogP contribution in [0.15, 0.2) is 34.9 Å². The molecule has 0 spiro atoms. The van der Waals surface area contributed by atoms with Gasteiger partial charge in [0.05, 0.1) is 5.69 Å². The van der Waals surface area contributed by atoms with Crippen molar-refractivity contribution in [3.05, 3.63) is 53.2 Å². The van der Waals surface area contributed by atoms with Crippen molar-refractivity contribution >= 4 is 5.97 Å². The Bertz CT molecular complexity index is 612. The lowest BCUT2D eigenvalue weighted by molar-refractivity contribution is -0.143.